The molecule has 4 aromatic carbocycles. The van der Waals surface area contributed by atoms with Crippen molar-refractivity contribution in [3.8, 4) is 28.7 Å². The monoisotopic (exact) mass is 555 g/mol. The van der Waals surface area contributed by atoms with Crippen LogP contribution in [0.4, 0.5) is 5.69 Å². The highest BCUT2D eigenvalue weighted by Crippen LogP contribution is 2.27. The van der Waals surface area contributed by atoms with Crippen molar-refractivity contribution < 1.29 is 34.4 Å². The van der Waals surface area contributed by atoms with E-state index in [-0.39, 0.29) is 29.5 Å². The number of methoxy groups -OCH3 is 2. The molecular formula is C33H33NO7. The van der Waals surface area contributed by atoms with Crippen LogP contribution in [-0.2, 0) is 9.59 Å². The zero-order valence-electron chi connectivity index (χ0n) is 22.8. The Balaban J connectivity index is 0.000000338. The third kappa shape index (κ3) is 12.3. The minimum absolute atomic E-state index is 0.00662. The third-order valence-corrected chi connectivity index (χ3v) is 5.24. The molecule has 8 heteroatoms. The van der Waals surface area contributed by atoms with Gasteiger partial charge in [0.1, 0.15) is 5.75 Å². The van der Waals surface area contributed by atoms with E-state index in [1.807, 2.05) is 36.4 Å². The summed E-state index contributed by atoms with van der Waals surface area (Å²) in [6, 6.07) is 27.5. The first kappa shape index (κ1) is 31.7. The van der Waals surface area contributed by atoms with Crippen LogP contribution in [0.15, 0.2) is 109 Å². The zero-order valence-corrected chi connectivity index (χ0v) is 22.8. The van der Waals surface area contributed by atoms with E-state index in [2.05, 4.69) is 0 Å². The summed E-state index contributed by atoms with van der Waals surface area (Å²) in [5, 5.41) is 27.7. The predicted molar refractivity (Wildman–Crippen MR) is 161 cm³/mol. The van der Waals surface area contributed by atoms with Crippen molar-refractivity contribution in [2.45, 2.75) is 6.42 Å². The predicted octanol–water partition coefficient (Wildman–Crippen LogP) is 6.03. The maximum atomic E-state index is 11.9. The van der Waals surface area contributed by atoms with E-state index in [0.29, 0.717) is 28.4 Å². The number of ether oxygens (including phenoxy) is 2. The van der Waals surface area contributed by atoms with E-state index in [1.54, 1.807) is 60.7 Å². The highest BCUT2D eigenvalue weighted by atomic mass is 16.5. The Hall–Kier alpha value is -5.50. The fourth-order valence-electron chi connectivity index (χ4n) is 3.14. The van der Waals surface area contributed by atoms with Crippen molar-refractivity contribution in [1.29, 1.82) is 0 Å². The maximum Gasteiger partial charge on any atom is 0.163 e. The van der Waals surface area contributed by atoms with Gasteiger partial charge in [0.2, 0.25) is 0 Å². The molecule has 0 radical (unpaired) electrons. The van der Waals surface area contributed by atoms with Crippen molar-refractivity contribution in [1.82, 2.24) is 0 Å². The number of allylic oxidation sites excluding steroid dienone is 2. The van der Waals surface area contributed by atoms with Crippen molar-refractivity contribution in [2.75, 3.05) is 20.0 Å². The van der Waals surface area contributed by atoms with E-state index < -0.39 is 0 Å². The average Bonchev–Trinajstić information content (AvgIpc) is 2.98. The number of aromatic hydroxyl groups is 3. The van der Waals surface area contributed by atoms with Crippen LogP contribution in [-0.4, -0.2) is 41.1 Å². The molecule has 0 amide bonds. The Bertz CT molecular complexity index is 1340. The van der Waals surface area contributed by atoms with Crippen LogP contribution in [0.3, 0.4) is 0 Å². The van der Waals surface area contributed by atoms with Gasteiger partial charge in [0, 0.05) is 5.69 Å². The van der Waals surface area contributed by atoms with Crippen LogP contribution in [0.5, 0.6) is 28.7 Å². The number of carbonyl (C=O) groups is 2. The molecule has 0 heterocycles. The second-order valence-corrected chi connectivity index (χ2v) is 8.38. The summed E-state index contributed by atoms with van der Waals surface area (Å²) in [5.41, 5.74) is 7.51. The van der Waals surface area contributed by atoms with Gasteiger partial charge in [-0.15, -0.1) is 0 Å². The molecule has 4 aromatic rings. The minimum atomic E-state index is -0.347. The van der Waals surface area contributed by atoms with Gasteiger partial charge >= 0.3 is 0 Å². The number of rotatable bonds is 8. The molecule has 41 heavy (non-hydrogen) atoms. The van der Waals surface area contributed by atoms with Crippen molar-refractivity contribution in [2.24, 2.45) is 0 Å². The van der Waals surface area contributed by atoms with Crippen molar-refractivity contribution in [3.63, 3.8) is 0 Å². The number of phenolic OH excluding ortho intramolecular Hbond substituents is 3. The van der Waals surface area contributed by atoms with Gasteiger partial charge < -0.3 is 30.5 Å². The van der Waals surface area contributed by atoms with Crippen LogP contribution in [0.25, 0.3) is 12.2 Å². The molecule has 8 nitrogen and oxygen atoms in total. The van der Waals surface area contributed by atoms with Gasteiger partial charge in [0.15, 0.2) is 34.6 Å². The van der Waals surface area contributed by atoms with Crippen LogP contribution in [0, 0.1) is 0 Å². The van der Waals surface area contributed by atoms with Crippen LogP contribution in [0.2, 0.25) is 0 Å². The Morgan fingerprint density at radius 3 is 1.39 bits per heavy atom. The Morgan fingerprint density at radius 1 is 0.659 bits per heavy atom. The number of hydrogen-bond acceptors (Lipinski definition) is 8. The lowest BCUT2D eigenvalue weighted by Gasteiger charge is -2.03. The number of phenols is 3. The summed E-state index contributed by atoms with van der Waals surface area (Å²) in [6.45, 7) is 0. The summed E-state index contributed by atoms with van der Waals surface area (Å²) in [7, 11) is 2.87. The van der Waals surface area contributed by atoms with E-state index in [9.17, 15) is 19.8 Å². The lowest BCUT2D eigenvalue weighted by atomic mass is 10.1. The Labute approximate surface area is 239 Å². The highest BCUT2D eigenvalue weighted by molar-refractivity contribution is 6.10. The summed E-state index contributed by atoms with van der Waals surface area (Å²) in [4.78, 5) is 23.9. The van der Waals surface area contributed by atoms with Crippen molar-refractivity contribution in [3.05, 3.63) is 120 Å². The van der Waals surface area contributed by atoms with Gasteiger partial charge in [-0.2, -0.15) is 0 Å². The molecule has 5 N–H and O–H groups in total. The molecule has 4 rings (SSSR count). The van der Waals surface area contributed by atoms with Gasteiger partial charge in [0.25, 0.3) is 0 Å². The van der Waals surface area contributed by atoms with Gasteiger partial charge in [-0.25, -0.2) is 0 Å². The second kappa shape index (κ2) is 17.2. The average molecular weight is 556 g/mol. The lowest BCUT2D eigenvalue weighted by Crippen LogP contribution is -2.01. The third-order valence-electron chi connectivity index (χ3n) is 5.24. The number of ketones is 2. The molecule has 0 aliphatic carbocycles. The van der Waals surface area contributed by atoms with Gasteiger partial charge in [-0.3, -0.25) is 9.59 Å². The topological polar surface area (TPSA) is 139 Å². The van der Waals surface area contributed by atoms with E-state index in [1.165, 1.54) is 38.5 Å². The minimum Gasteiger partial charge on any atom is -0.508 e. The standard InChI is InChI=1S/C21H20O6.C6H7N.C6H6O/c1-26-20-11-14(5-9-18(20)24)3-7-16(22)13-17(23)8-4-15-6-10-19(25)21(12-15)27-2;2*7-6-4-2-1-3-5-6/h3-12,24-25H,13H2,1-2H3;1-5H,7H2;1-5,7H/b7-3+,8-4+;;. The Morgan fingerprint density at radius 2 is 1.07 bits per heavy atom. The van der Waals surface area contributed by atoms with E-state index in [0.717, 1.165) is 5.69 Å². The van der Waals surface area contributed by atoms with E-state index >= 15 is 0 Å². The number of para-hydroxylation sites is 2. The summed E-state index contributed by atoms with van der Waals surface area (Å²) in [5.74, 6) is 0.239. The molecule has 0 saturated carbocycles. The fourth-order valence-corrected chi connectivity index (χ4v) is 3.14. The molecule has 212 valence electrons. The quantitative estimate of drug-likeness (QED) is 0.117. The Kier molecular flexibility index (Phi) is 13.3. The molecule has 0 aliphatic heterocycles. The number of nitrogens with two attached hydrogens (primary N) is 1. The molecule has 0 spiro atoms. The van der Waals surface area contributed by atoms with Crippen LogP contribution in [0.1, 0.15) is 17.5 Å². The molecular weight excluding hydrogens is 522 g/mol. The lowest BCUT2D eigenvalue weighted by molar-refractivity contribution is -0.121. The molecule has 0 aliphatic rings. The number of hydrogen-bond donors (Lipinski definition) is 4. The second-order valence-electron chi connectivity index (χ2n) is 8.38. The number of benzene rings is 4. The normalized spacial score (nSPS) is 10.2. The molecule has 0 unspecified atom stereocenters. The van der Waals surface area contributed by atoms with Gasteiger partial charge in [-0.05, 0) is 71.8 Å². The maximum absolute atomic E-state index is 11.9. The van der Waals surface area contributed by atoms with E-state index in [4.69, 9.17) is 20.3 Å². The van der Waals surface area contributed by atoms with Crippen LogP contribution < -0.4 is 15.2 Å². The smallest absolute Gasteiger partial charge is 0.163 e. The number of anilines is 1. The number of nitrogen functional groups attached to an aromatic ring is 1. The summed E-state index contributed by atoms with van der Waals surface area (Å²) < 4.78 is 10.00. The molecule has 0 fully saturated rings. The molecule has 0 aromatic heterocycles. The van der Waals surface area contributed by atoms with Gasteiger partial charge in [-0.1, -0.05) is 60.7 Å². The zero-order chi connectivity index (χ0) is 30.0. The number of carbonyl (C=O) groups excluding carboxylic acids is 2. The van der Waals surface area contributed by atoms with Crippen LogP contribution >= 0.6 is 0 Å². The largest absolute Gasteiger partial charge is 0.508 e. The first-order valence-electron chi connectivity index (χ1n) is 12.4. The molecule has 0 saturated heterocycles. The van der Waals surface area contributed by atoms with Crippen molar-refractivity contribution >= 4 is 29.4 Å². The summed E-state index contributed by atoms with van der Waals surface area (Å²) >= 11 is 0. The first-order valence-corrected chi connectivity index (χ1v) is 12.4. The fraction of sp³-hybridized carbons (Fsp3) is 0.0909. The molecule has 0 atom stereocenters. The van der Waals surface area contributed by atoms with Gasteiger partial charge in [0.05, 0.1) is 20.6 Å². The highest BCUT2D eigenvalue weighted by Gasteiger charge is 2.06. The first-order chi connectivity index (χ1) is 19.7. The SMILES string of the molecule is COc1cc(/C=C/C(=O)CC(=O)/C=C/c2ccc(O)c(OC)c2)ccc1O.Nc1ccccc1.Oc1ccccc1. The molecule has 0 bridgehead atoms. The summed E-state index contributed by atoms with van der Waals surface area (Å²) in [6.07, 6.45) is 5.44.